The highest BCUT2D eigenvalue weighted by Crippen LogP contribution is 2.39. The number of nitrogens with one attached hydrogen (secondary N) is 1. The van der Waals surface area contributed by atoms with Crippen LogP contribution in [0.3, 0.4) is 0 Å². The van der Waals surface area contributed by atoms with Crippen molar-refractivity contribution in [1.82, 2.24) is 10.2 Å². The summed E-state index contributed by atoms with van der Waals surface area (Å²) in [5.41, 5.74) is -0.468. The van der Waals surface area contributed by atoms with Crippen LogP contribution in [0.2, 0.25) is 0 Å². The van der Waals surface area contributed by atoms with Gasteiger partial charge < -0.3 is 19.7 Å². The van der Waals surface area contributed by atoms with Crippen LogP contribution in [0.5, 0.6) is 0 Å². The summed E-state index contributed by atoms with van der Waals surface area (Å²) >= 11 is 0. The lowest BCUT2D eigenvalue weighted by Crippen LogP contribution is -2.55. The lowest BCUT2D eigenvalue weighted by molar-refractivity contribution is -0.150. The highest BCUT2D eigenvalue weighted by molar-refractivity contribution is 5.81. The second kappa shape index (κ2) is 9.38. The number of hydrogen-bond acceptors (Lipinski definition) is 5. The number of esters is 1. The maximum Gasteiger partial charge on any atom is 0.326 e. The van der Waals surface area contributed by atoms with Crippen molar-refractivity contribution in [3.8, 4) is 0 Å². The Morgan fingerprint density at radius 2 is 2.10 bits per heavy atom. The first-order chi connectivity index (χ1) is 10.1. The van der Waals surface area contributed by atoms with Gasteiger partial charge in [-0.3, -0.25) is 4.79 Å². The van der Waals surface area contributed by atoms with Crippen LogP contribution in [0, 0.1) is 5.92 Å². The molecule has 0 aromatic rings. The van der Waals surface area contributed by atoms with Crippen LogP contribution in [-0.4, -0.2) is 63.4 Å². The van der Waals surface area contributed by atoms with Gasteiger partial charge in [0.1, 0.15) is 5.54 Å². The van der Waals surface area contributed by atoms with Crippen LogP contribution in [-0.2, 0) is 14.3 Å². The van der Waals surface area contributed by atoms with E-state index in [2.05, 4.69) is 24.1 Å². The SMILES string of the molecule is CCNC1(C(=O)OC)CCCC1CCN(CC)CCOC. The van der Waals surface area contributed by atoms with E-state index in [1.54, 1.807) is 7.11 Å². The average molecular weight is 300 g/mol. The van der Waals surface area contributed by atoms with Crippen LogP contribution < -0.4 is 5.32 Å². The minimum atomic E-state index is -0.468. The van der Waals surface area contributed by atoms with Crippen molar-refractivity contribution in [3.63, 3.8) is 0 Å². The molecular weight excluding hydrogens is 268 g/mol. The van der Waals surface area contributed by atoms with Gasteiger partial charge >= 0.3 is 5.97 Å². The predicted octanol–water partition coefficient (Wildman–Crippen LogP) is 1.67. The monoisotopic (exact) mass is 300 g/mol. The number of carbonyl (C=O) groups is 1. The first-order valence-corrected chi connectivity index (χ1v) is 8.19. The van der Waals surface area contributed by atoms with E-state index in [1.807, 2.05) is 0 Å². The van der Waals surface area contributed by atoms with Gasteiger partial charge in [0.25, 0.3) is 0 Å². The number of nitrogens with zero attached hydrogens (tertiary/aromatic N) is 1. The summed E-state index contributed by atoms with van der Waals surface area (Å²) in [6.07, 6.45) is 4.11. The molecule has 0 heterocycles. The van der Waals surface area contributed by atoms with Crippen LogP contribution >= 0.6 is 0 Å². The van der Waals surface area contributed by atoms with Crippen molar-refractivity contribution in [3.05, 3.63) is 0 Å². The van der Waals surface area contributed by atoms with Gasteiger partial charge in [0.15, 0.2) is 0 Å². The van der Waals surface area contributed by atoms with E-state index in [-0.39, 0.29) is 5.97 Å². The molecule has 0 spiro atoms. The molecule has 0 amide bonds. The molecule has 1 saturated carbocycles. The largest absolute Gasteiger partial charge is 0.468 e. The number of rotatable bonds is 10. The van der Waals surface area contributed by atoms with E-state index in [4.69, 9.17) is 9.47 Å². The van der Waals surface area contributed by atoms with Crippen LogP contribution in [0.1, 0.15) is 39.5 Å². The minimum absolute atomic E-state index is 0.0909. The average Bonchev–Trinajstić information content (AvgIpc) is 2.91. The number of hydrogen-bond donors (Lipinski definition) is 1. The van der Waals surface area contributed by atoms with Gasteiger partial charge in [-0.15, -0.1) is 0 Å². The molecule has 2 unspecified atom stereocenters. The molecular formula is C16H32N2O3. The summed E-state index contributed by atoms with van der Waals surface area (Å²) in [7, 11) is 3.23. The van der Waals surface area contributed by atoms with E-state index in [1.165, 1.54) is 7.11 Å². The van der Waals surface area contributed by atoms with Gasteiger partial charge in [-0.25, -0.2) is 0 Å². The third-order valence-corrected chi connectivity index (χ3v) is 4.72. The van der Waals surface area contributed by atoms with Crippen molar-refractivity contribution in [2.24, 2.45) is 5.92 Å². The Balaban J connectivity index is 2.64. The van der Waals surface area contributed by atoms with Crippen molar-refractivity contribution >= 4 is 5.97 Å². The molecule has 0 aromatic carbocycles. The van der Waals surface area contributed by atoms with Crippen LogP contribution in [0.25, 0.3) is 0 Å². The summed E-state index contributed by atoms with van der Waals surface area (Å²) in [6, 6.07) is 0. The Morgan fingerprint density at radius 1 is 1.33 bits per heavy atom. The van der Waals surface area contributed by atoms with Gasteiger partial charge in [-0.05, 0) is 44.8 Å². The number of ether oxygens (including phenoxy) is 2. The molecule has 1 rings (SSSR count). The van der Waals surface area contributed by atoms with E-state index in [0.717, 1.165) is 58.5 Å². The molecule has 0 saturated heterocycles. The lowest BCUT2D eigenvalue weighted by atomic mass is 9.84. The first kappa shape index (κ1) is 18.4. The Labute approximate surface area is 129 Å². The molecule has 124 valence electrons. The molecule has 2 atom stereocenters. The second-order valence-electron chi connectivity index (χ2n) is 5.80. The smallest absolute Gasteiger partial charge is 0.326 e. The quantitative estimate of drug-likeness (QED) is 0.622. The Hall–Kier alpha value is -0.650. The molecule has 1 fully saturated rings. The molecule has 5 heteroatoms. The topological polar surface area (TPSA) is 50.8 Å². The molecule has 5 nitrogen and oxygen atoms in total. The zero-order valence-corrected chi connectivity index (χ0v) is 14.1. The summed E-state index contributed by atoms with van der Waals surface area (Å²) in [4.78, 5) is 14.7. The molecule has 0 aromatic heterocycles. The summed E-state index contributed by atoms with van der Waals surface area (Å²) in [5, 5.41) is 3.43. The molecule has 0 aliphatic heterocycles. The van der Waals surface area contributed by atoms with Crippen LogP contribution in [0.4, 0.5) is 0 Å². The Kier molecular flexibility index (Phi) is 8.22. The lowest BCUT2D eigenvalue weighted by Gasteiger charge is -2.34. The summed E-state index contributed by atoms with van der Waals surface area (Å²) < 4.78 is 10.2. The van der Waals surface area contributed by atoms with Gasteiger partial charge in [0.2, 0.25) is 0 Å². The van der Waals surface area contributed by atoms with Gasteiger partial charge in [-0.2, -0.15) is 0 Å². The maximum atomic E-state index is 12.3. The third-order valence-electron chi connectivity index (χ3n) is 4.72. The second-order valence-corrected chi connectivity index (χ2v) is 5.80. The number of carbonyl (C=O) groups excluding carboxylic acids is 1. The van der Waals surface area contributed by atoms with E-state index in [0.29, 0.717) is 5.92 Å². The Bertz CT molecular complexity index is 312. The highest BCUT2D eigenvalue weighted by atomic mass is 16.5. The number of methoxy groups -OCH3 is 2. The molecule has 1 aliphatic carbocycles. The van der Waals surface area contributed by atoms with Gasteiger partial charge in [0, 0.05) is 13.7 Å². The summed E-state index contributed by atoms with van der Waals surface area (Å²) in [5.74, 6) is 0.272. The standard InChI is InChI=1S/C16H32N2O3/c1-5-17-16(15(19)21-4)10-7-8-14(16)9-11-18(6-2)12-13-20-3/h14,17H,5-13H2,1-4H3. The van der Waals surface area contributed by atoms with Crippen molar-refractivity contribution in [2.75, 3.05) is 47.0 Å². The Morgan fingerprint density at radius 3 is 2.67 bits per heavy atom. The highest BCUT2D eigenvalue weighted by Gasteiger charge is 2.48. The zero-order chi connectivity index (χ0) is 15.7. The van der Waals surface area contributed by atoms with E-state index in [9.17, 15) is 4.79 Å². The fourth-order valence-corrected chi connectivity index (χ4v) is 3.53. The molecule has 1 N–H and O–H groups in total. The maximum absolute atomic E-state index is 12.3. The van der Waals surface area contributed by atoms with E-state index >= 15 is 0 Å². The molecule has 0 bridgehead atoms. The van der Waals surface area contributed by atoms with Gasteiger partial charge in [-0.1, -0.05) is 20.3 Å². The van der Waals surface area contributed by atoms with Crippen molar-refractivity contribution in [2.45, 2.75) is 45.1 Å². The molecule has 1 aliphatic rings. The fourth-order valence-electron chi connectivity index (χ4n) is 3.53. The molecule has 21 heavy (non-hydrogen) atoms. The minimum Gasteiger partial charge on any atom is -0.468 e. The van der Waals surface area contributed by atoms with Crippen LogP contribution in [0.15, 0.2) is 0 Å². The fraction of sp³-hybridized carbons (Fsp3) is 0.938. The van der Waals surface area contributed by atoms with Crippen molar-refractivity contribution < 1.29 is 14.3 Å². The third kappa shape index (κ3) is 4.66. The molecule has 0 radical (unpaired) electrons. The predicted molar refractivity (Wildman–Crippen MR) is 84.4 cm³/mol. The normalized spacial score (nSPS) is 25.5. The first-order valence-electron chi connectivity index (χ1n) is 8.19. The van der Waals surface area contributed by atoms with Gasteiger partial charge in [0.05, 0.1) is 13.7 Å². The van der Waals surface area contributed by atoms with E-state index < -0.39 is 5.54 Å². The summed E-state index contributed by atoms with van der Waals surface area (Å²) in [6.45, 7) is 8.75. The zero-order valence-electron chi connectivity index (χ0n) is 14.1. The number of likely N-dealkylation sites (N-methyl/N-ethyl adjacent to an activating group) is 2. The van der Waals surface area contributed by atoms with Crippen molar-refractivity contribution in [1.29, 1.82) is 0 Å².